The largest absolute Gasteiger partial charge is 0.497 e. The summed E-state index contributed by atoms with van der Waals surface area (Å²) in [5, 5.41) is 6.63. The van der Waals surface area contributed by atoms with E-state index in [0.717, 1.165) is 28.5 Å². The Kier molecular flexibility index (Phi) is 5.22. The van der Waals surface area contributed by atoms with Gasteiger partial charge in [0.2, 0.25) is 0 Å². The summed E-state index contributed by atoms with van der Waals surface area (Å²) in [7, 11) is 3.26. The first-order valence-corrected chi connectivity index (χ1v) is 8.26. The molecule has 0 aliphatic carbocycles. The van der Waals surface area contributed by atoms with Gasteiger partial charge in [0, 0.05) is 17.8 Å². The molecule has 6 heteroatoms. The first-order chi connectivity index (χ1) is 12.6. The lowest BCUT2D eigenvalue weighted by Gasteiger charge is -2.14. The molecular formula is C20H22N4O2. The van der Waals surface area contributed by atoms with Crippen molar-refractivity contribution in [3.8, 4) is 11.5 Å². The molecule has 0 bridgehead atoms. The molecule has 26 heavy (non-hydrogen) atoms. The molecule has 2 aromatic carbocycles. The molecule has 0 saturated carbocycles. The van der Waals surface area contributed by atoms with Crippen LogP contribution in [0.3, 0.4) is 0 Å². The van der Waals surface area contributed by atoms with Crippen molar-refractivity contribution in [2.75, 3.05) is 24.9 Å². The second-order valence-corrected chi connectivity index (χ2v) is 5.82. The van der Waals surface area contributed by atoms with E-state index in [1.54, 1.807) is 14.2 Å². The highest BCUT2D eigenvalue weighted by atomic mass is 16.5. The molecule has 3 aromatic rings. The molecule has 0 radical (unpaired) electrons. The number of para-hydroxylation sites is 1. The fourth-order valence-corrected chi connectivity index (χ4v) is 2.60. The molecule has 0 saturated heterocycles. The van der Waals surface area contributed by atoms with Crippen LogP contribution in [0, 0.1) is 13.8 Å². The molecule has 0 aliphatic rings. The second kappa shape index (κ2) is 7.74. The third kappa shape index (κ3) is 4.03. The van der Waals surface area contributed by atoms with Gasteiger partial charge in [0.05, 0.1) is 19.9 Å². The van der Waals surface area contributed by atoms with E-state index in [-0.39, 0.29) is 0 Å². The fraction of sp³-hybridized carbons (Fsp3) is 0.200. The molecular weight excluding hydrogens is 328 g/mol. The Balaban J connectivity index is 1.90. The van der Waals surface area contributed by atoms with Gasteiger partial charge in [-0.1, -0.05) is 18.2 Å². The molecule has 0 fully saturated rings. The van der Waals surface area contributed by atoms with Crippen LogP contribution in [-0.4, -0.2) is 24.2 Å². The van der Waals surface area contributed by atoms with E-state index in [4.69, 9.17) is 9.47 Å². The minimum absolute atomic E-state index is 0.660. The van der Waals surface area contributed by atoms with Gasteiger partial charge in [-0.2, -0.15) is 0 Å². The number of ether oxygens (including phenoxy) is 2. The minimum atomic E-state index is 0.660. The summed E-state index contributed by atoms with van der Waals surface area (Å²) in [6.45, 7) is 3.91. The molecule has 3 rings (SSSR count). The highest BCUT2D eigenvalue weighted by molar-refractivity contribution is 5.69. The molecule has 1 heterocycles. The zero-order valence-electron chi connectivity index (χ0n) is 15.3. The number of benzene rings is 2. The Morgan fingerprint density at radius 3 is 2.12 bits per heavy atom. The van der Waals surface area contributed by atoms with Crippen molar-refractivity contribution in [3.05, 3.63) is 59.9 Å². The Morgan fingerprint density at radius 1 is 0.769 bits per heavy atom. The van der Waals surface area contributed by atoms with Crippen molar-refractivity contribution in [1.82, 2.24) is 9.97 Å². The molecule has 2 N–H and O–H groups in total. The lowest BCUT2D eigenvalue weighted by Crippen LogP contribution is -2.03. The van der Waals surface area contributed by atoms with Crippen molar-refractivity contribution in [1.29, 1.82) is 0 Å². The normalized spacial score (nSPS) is 10.3. The van der Waals surface area contributed by atoms with Gasteiger partial charge in [0.1, 0.15) is 29.0 Å². The van der Waals surface area contributed by atoms with E-state index < -0.39 is 0 Å². The third-order valence-electron chi connectivity index (χ3n) is 3.92. The number of hydrogen-bond donors (Lipinski definition) is 2. The van der Waals surface area contributed by atoms with Crippen LogP contribution in [0.5, 0.6) is 11.5 Å². The van der Waals surface area contributed by atoms with Gasteiger partial charge < -0.3 is 20.1 Å². The van der Waals surface area contributed by atoms with E-state index in [1.165, 1.54) is 0 Å². The summed E-state index contributed by atoms with van der Waals surface area (Å²) in [5.41, 5.74) is 2.93. The predicted molar refractivity (Wildman–Crippen MR) is 104 cm³/mol. The van der Waals surface area contributed by atoms with Crippen molar-refractivity contribution in [2.24, 2.45) is 0 Å². The lowest BCUT2D eigenvalue weighted by molar-refractivity contribution is 0.405. The fourth-order valence-electron chi connectivity index (χ4n) is 2.60. The topological polar surface area (TPSA) is 68.3 Å². The number of nitrogens with zero attached hydrogens (tertiary/aromatic N) is 2. The Morgan fingerprint density at radius 2 is 1.46 bits per heavy atom. The maximum absolute atomic E-state index is 5.41. The Bertz CT molecular complexity index is 912. The predicted octanol–water partition coefficient (Wildman–Crippen LogP) is 4.60. The number of hydrogen-bond acceptors (Lipinski definition) is 6. The monoisotopic (exact) mass is 350 g/mol. The average molecular weight is 350 g/mol. The summed E-state index contributed by atoms with van der Waals surface area (Å²) in [6.07, 6.45) is 0. The molecule has 0 amide bonds. The van der Waals surface area contributed by atoms with Gasteiger partial charge in [-0.25, -0.2) is 9.97 Å². The summed E-state index contributed by atoms with van der Waals surface area (Å²) in [4.78, 5) is 8.94. The highest BCUT2D eigenvalue weighted by Crippen LogP contribution is 2.31. The van der Waals surface area contributed by atoms with E-state index in [1.807, 2.05) is 49.4 Å². The van der Waals surface area contributed by atoms with Crippen LogP contribution < -0.4 is 20.1 Å². The van der Waals surface area contributed by atoms with Crippen LogP contribution in [0.4, 0.5) is 23.0 Å². The van der Waals surface area contributed by atoms with Crippen molar-refractivity contribution >= 4 is 23.0 Å². The molecule has 0 spiro atoms. The SMILES string of the molecule is COc1ccc(OC)c(Nc2cc(Nc3ccccc3C)nc(C)n2)c1. The summed E-state index contributed by atoms with van der Waals surface area (Å²) in [6, 6.07) is 15.5. The van der Waals surface area contributed by atoms with Crippen molar-refractivity contribution in [3.63, 3.8) is 0 Å². The van der Waals surface area contributed by atoms with Crippen LogP contribution >= 0.6 is 0 Å². The number of aromatic nitrogens is 2. The van der Waals surface area contributed by atoms with Gasteiger partial charge in [-0.3, -0.25) is 0 Å². The molecule has 0 aliphatic heterocycles. The van der Waals surface area contributed by atoms with Crippen LogP contribution in [0.25, 0.3) is 0 Å². The average Bonchev–Trinajstić information content (AvgIpc) is 2.63. The van der Waals surface area contributed by atoms with Gasteiger partial charge >= 0.3 is 0 Å². The van der Waals surface area contributed by atoms with E-state index in [9.17, 15) is 0 Å². The van der Waals surface area contributed by atoms with Crippen LogP contribution in [0.2, 0.25) is 0 Å². The van der Waals surface area contributed by atoms with E-state index in [0.29, 0.717) is 17.4 Å². The first kappa shape index (κ1) is 17.5. The molecule has 0 atom stereocenters. The van der Waals surface area contributed by atoms with Gasteiger partial charge in [-0.15, -0.1) is 0 Å². The highest BCUT2D eigenvalue weighted by Gasteiger charge is 2.09. The molecule has 6 nitrogen and oxygen atoms in total. The van der Waals surface area contributed by atoms with E-state index in [2.05, 4.69) is 33.6 Å². The number of rotatable bonds is 6. The van der Waals surface area contributed by atoms with Crippen molar-refractivity contribution < 1.29 is 9.47 Å². The summed E-state index contributed by atoms with van der Waals surface area (Å²) >= 11 is 0. The Hall–Kier alpha value is -3.28. The van der Waals surface area contributed by atoms with Crippen LogP contribution in [0.1, 0.15) is 11.4 Å². The lowest BCUT2D eigenvalue weighted by atomic mass is 10.2. The number of aryl methyl sites for hydroxylation is 2. The molecule has 134 valence electrons. The minimum Gasteiger partial charge on any atom is -0.497 e. The third-order valence-corrected chi connectivity index (χ3v) is 3.92. The second-order valence-electron chi connectivity index (χ2n) is 5.82. The molecule has 0 unspecified atom stereocenters. The quantitative estimate of drug-likeness (QED) is 0.677. The van der Waals surface area contributed by atoms with Gasteiger partial charge in [0.25, 0.3) is 0 Å². The maximum Gasteiger partial charge on any atom is 0.142 e. The number of nitrogens with one attached hydrogen (secondary N) is 2. The maximum atomic E-state index is 5.41. The Labute approximate surface area is 153 Å². The van der Waals surface area contributed by atoms with Crippen LogP contribution in [0.15, 0.2) is 48.5 Å². The van der Waals surface area contributed by atoms with Gasteiger partial charge in [-0.05, 0) is 37.6 Å². The summed E-state index contributed by atoms with van der Waals surface area (Å²) in [5.74, 6) is 3.48. The van der Waals surface area contributed by atoms with Gasteiger partial charge in [0.15, 0.2) is 0 Å². The standard InChI is InChI=1S/C20H22N4O2/c1-13-7-5-6-8-16(13)23-19-12-20(22-14(2)21-19)24-17-11-15(25-3)9-10-18(17)26-4/h5-12H,1-4H3,(H2,21,22,23,24). The number of anilines is 4. The number of methoxy groups -OCH3 is 2. The smallest absolute Gasteiger partial charge is 0.142 e. The zero-order valence-corrected chi connectivity index (χ0v) is 15.3. The first-order valence-electron chi connectivity index (χ1n) is 8.26. The van der Waals surface area contributed by atoms with Crippen LogP contribution in [-0.2, 0) is 0 Å². The van der Waals surface area contributed by atoms with E-state index >= 15 is 0 Å². The zero-order chi connectivity index (χ0) is 18.5. The molecule has 1 aromatic heterocycles. The van der Waals surface area contributed by atoms with Crippen molar-refractivity contribution in [2.45, 2.75) is 13.8 Å². The summed E-state index contributed by atoms with van der Waals surface area (Å²) < 4.78 is 10.7.